The minimum Gasteiger partial charge on any atom is -0.497 e. The highest BCUT2D eigenvalue weighted by atomic mass is 16.5. The van der Waals surface area contributed by atoms with Gasteiger partial charge in [0.25, 0.3) is 0 Å². The third kappa shape index (κ3) is 5.11. The van der Waals surface area contributed by atoms with Gasteiger partial charge in [-0.1, -0.05) is 48.5 Å². The topological polar surface area (TPSA) is 43.3 Å². The highest BCUT2D eigenvalue weighted by Gasteiger charge is 2.13. The predicted molar refractivity (Wildman–Crippen MR) is 119 cm³/mol. The summed E-state index contributed by atoms with van der Waals surface area (Å²) in [6, 6.07) is 23.8. The Labute approximate surface area is 177 Å². The van der Waals surface area contributed by atoms with Crippen LogP contribution in [0, 0.1) is 0 Å². The van der Waals surface area contributed by atoms with E-state index in [0.717, 1.165) is 48.7 Å². The maximum absolute atomic E-state index is 6.33. The summed E-state index contributed by atoms with van der Waals surface area (Å²) in [6.07, 6.45) is 2.79. The summed E-state index contributed by atoms with van der Waals surface area (Å²) in [6.45, 7) is 3.24. The van der Waals surface area contributed by atoms with Crippen LogP contribution in [0.5, 0.6) is 23.0 Å². The summed E-state index contributed by atoms with van der Waals surface area (Å²) in [5.41, 5.74) is 2.23. The van der Waals surface area contributed by atoms with Crippen molar-refractivity contribution < 1.29 is 14.2 Å². The van der Waals surface area contributed by atoms with Crippen LogP contribution in [0.15, 0.2) is 77.8 Å². The van der Waals surface area contributed by atoms with Gasteiger partial charge in [-0.15, -0.1) is 0 Å². The van der Waals surface area contributed by atoms with Crippen LogP contribution in [-0.4, -0.2) is 38.0 Å². The lowest BCUT2D eigenvalue weighted by Crippen LogP contribution is -2.22. The van der Waals surface area contributed by atoms with E-state index in [-0.39, 0.29) is 0 Å². The molecule has 0 atom stereocenters. The van der Waals surface area contributed by atoms with E-state index < -0.39 is 0 Å². The summed E-state index contributed by atoms with van der Waals surface area (Å²) in [7, 11) is 1.66. The fourth-order valence-corrected chi connectivity index (χ4v) is 3.32. The van der Waals surface area contributed by atoms with Gasteiger partial charge >= 0.3 is 0 Å². The molecule has 1 aliphatic rings. The molecule has 0 radical (unpaired) electrons. The fraction of sp³-hybridized carbons (Fsp3) is 0.240. The Morgan fingerprint density at radius 2 is 1.70 bits per heavy atom. The molecule has 3 aromatic carbocycles. The van der Waals surface area contributed by atoms with Gasteiger partial charge in [0, 0.05) is 19.2 Å². The molecule has 0 bridgehead atoms. The molecule has 0 spiro atoms. The van der Waals surface area contributed by atoms with E-state index in [1.54, 1.807) is 7.11 Å². The molecule has 0 fully saturated rings. The van der Waals surface area contributed by atoms with E-state index in [2.05, 4.69) is 16.0 Å². The maximum atomic E-state index is 6.33. The van der Waals surface area contributed by atoms with E-state index >= 15 is 0 Å². The standard InChI is InChI=1S/C25H26N2O3/c1-28-22-12-11-21(13-15-27-16-14-26-19-27)25(17-22)30-24-10-6-5-9-23(24)29-18-20-7-3-2-4-8-20/h2-12,17,19H,13-16,18H2,1H3. The summed E-state index contributed by atoms with van der Waals surface area (Å²) in [5, 5.41) is 0. The van der Waals surface area contributed by atoms with Crippen molar-refractivity contribution >= 4 is 6.34 Å². The first kappa shape index (κ1) is 19.8. The summed E-state index contributed by atoms with van der Waals surface area (Å²) in [5.74, 6) is 2.94. The lowest BCUT2D eigenvalue weighted by Gasteiger charge is -2.18. The van der Waals surface area contributed by atoms with Crippen LogP contribution < -0.4 is 14.2 Å². The quantitative estimate of drug-likeness (QED) is 0.508. The molecule has 0 aromatic heterocycles. The molecule has 5 nitrogen and oxygen atoms in total. The van der Waals surface area contributed by atoms with Crippen molar-refractivity contribution in [3.05, 3.63) is 83.9 Å². The molecule has 4 rings (SSSR count). The number of benzene rings is 3. The minimum absolute atomic E-state index is 0.487. The van der Waals surface area contributed by atoms with E-state index in [9.17, 15) is 0 Å². The van der Waals surface area contributed by atoms with E-state index in [0.29, 0.717) is 18.1 Å². The number of aliphatic imine (C=N–C) groups is 1. The van der Waals surface area contributed by atoms with Gasteiger partial charge in [0.05, 0.1) is 20.0 Å². The molecule has 5 heteroatoms. The predicted octanol–water partition coefficient (Wildman–Crippen LogP) is 4.95. The number of rotatable bonds is 9. The Morgan fingerprint density at radius 1 is 0.900 bits per heavy atom. The molecule has 0 saturated carbocycles. The van der Waals surface area contributed by atoms with Gasteiger partial charge in [-0.3, -0.25) is 4.99 Å². The maximum Gasteiger partial charge on any atom is 0.169 e. The van der Waals surface area contributed by atoms with Gasteiger partial charge < -0.3 is 19.1 Å². The van der Waals surface area contributed by atoms with E-state index in [1.807, 2.05) is 73.1 Å². The average molecular weight is 402 g/mol. The first-order valence-electron chi connectivity index (χ1n) is 10.2. The van der Waals surface area contributed by atoms with Crippen molar-refractivity contribution in [1.82, 2.24) is 4.90 Å². The lowest BCUT2D eigenvalue weighted by molar-refractivity contribution is 0.291. The molecular weight excluding hydrogens is 376 g/mol. The number of hydrogen-bond donors (Lipinski definition) is 0. The SMILES string of the molecule is COc1ccc(CCN2C=NCC2)c(Oc2ccccc2OCc2ccccc2)c1. The van der Waals surface area contributed by atoms with Crippen LogP contribution >= 0.6 is 0 Å². The molecule has 3 aromatic rings. The third-order valence-electron chi connectivity index (χ3n) is 5.01. The number of ether oxygens (including phenoxy) is 3. The Kier molecular flexibility index (Phi) is 6.50. The van der Waals surface area contributed by atoms with Crippen molar-refractivity contribution in [3.8, 4) is 23.0 Å². The van der Waals surface area contributed by atoms with Crippen LogP contribution in [0.1, 0.15) is 11.1 Å². The highest BCUT2D eigenvalue weighted by Crippen LogP contribution is 2.35. The molecular formula is C25H26N2O3. The number of para-hydroxylation sites is 2. The molecule has 154 valence electrons. The summed E-state index contributed by atoms with van der Waals surface area (Å²) in [4.78, 5) is 6.51. The van der Waals surface area contributed by atoms with E-state index in [4.69, 9.17) is 14.2 Å². The van der Waals surface area contributed by atoms with Gasteiger partial charge in [-0.25, -0.2) is 0 Å². The molecule has 1 heterocycles. The molecule has 1 aliphatic heterocycles. The molecule has 0 amide bonds. The fourth-order valence-electron chi connectivity index (χ4n) is 3.32. The zero-order chi connectivity index (χ0) is 20.6. The van der Waals surface area contributed by atoms with E-state index in [1.165, 1.54) is 0 Å². The van der Waals surface area contributed by atoms with Crippen LogP contribution in [0.2, 0.25) is 0 Å². The number of nitrogens with zero attached hydrogens (tertiary/aromatic N) is 2. The molecule has 0 aliphatic carbocycles. The summed E-state index contributed by atoms with van der Waals surface area (Å²) >= 11 is 0. The zero-order valence-corrected chi connectivity index (χ0v) is 17.2. The largest absolute Gasteiger partial charge is 0.497 e. The smallest absolute Gasteiger partial charge is 0.169 e. The first-order chi connectivity index (χ1) is 14.8. The van der Waals surface area contributed by atoms with Crippen LogP contribution in [0.25, 0.3) is 0 Å². The van der Waals surface area contributed by atoms with Crippen LogP contribution in [0.4, 0.5) is 0 Å². The number of hydrogen-bond acceptors (Lipinski definition) is 5. The Bertz CT molecular complexity index is 989. The number of methoxy groups -OCH3 is 1. The Balaban J connectivity index is 1.51. The van der Waals surface area contributed by atoms with Crippen LogP contribution in [0.3, 0.4) is 0 Å². The van der Waals surface area contributed by atoms with Crippen molar-refractivity contribution in [2.75, 3.05) is 26.7 Å². The lowest BCUT2D eigenvalue weighted by atomic mass is 10.1. The monoisotopic (exact) mass is 402 g/mol. The molecule has 30 heavy (non-hydrogen) atoms. The van der Waals surface area contributed by atoms with Crippen LogP contribution in [-0.2, 0) is 13.0 Å². The highest BCUT2D eigenvalue weighted by molar-refractivity contribution is 5.57. The van der Waals surface area contributed by atoms with Crippen molar-refractivity contribution in [2.24, 2.45) is 4.99 Å². The Hall–Kier alpha value is -3.47. The molecule has 0 saturated heterocycles. The van der Waals surface area contributed by atoms with Gasteiger partial charge in [0.15, 0.2) is 11.5 Å². The van der Waals surface area contributed by atoms with Crippen molar-refractivity contribution in [2.45, 2.75) is 13.0 Å². The average Bonchev–Trinajstić information content (AvgIpc) is 3.32. The summed E-state index contributed by atoms with van der Waals surface area (Å²) < 4.78 is 17.8. The van der Waals surface area contributed by atoms with Gasteiger partial charge in [-0.2, -0.15) is 0 Å². The second kappa shape index (κ2) is 9.83. The normalized spacial score (nSPS) is 12.8. The zero-order valence-electron chi connectivity index (χ0n) is 17.2. The first-order valence-corrected chi connectivity index (χ1v) is 10.2. The van der Waals surface area contributed by atoms with Crippen molar-refractivity contribution in [3.63, 3.8) is 0 Å². The Morgan fingerprint density at radius 3 is 2.47 bits per heavy atom. The van der Waals surface area contributed by atoms with Gasteiger partial charge in [-0.05, 0) is 35.7 Å². The molecule has 0 N–H and O–H groups in total. The molecule has 0 unspecified atom stereocenters. The minimum atomic E-state index is 0.487. The van der Waals surface area contributed by atoms with Gasteiger partial charge in [0.1, 0.15) is 18.1 Å². The second-order valence-corrected chi connectivity index (χ2v) is 7.10. The van der Waals surface area contributed by atoms with Crippen molar-refractivity contribution in [1.29, 1.82) is 0 Å². The third-order valence-corrected chi connectivity index (χ3v) is 5.01. The van der Waals surface area contributed by atoms with Gasteiger partial charge in [0.2, 0.25) is 0 Å². The second-order valence-electron chi connectivity index (χ2n) is 7.10.